The molecule has 1 aromatic heterocycles. The first kappa shape index (κ1) is 20.6. The molecule has 0 radical (unpaired) electrons. The van der Waals surface area contributed by atoms with Gasteiger partial charge in [0.2, 0.25) is 0 Å². The SMILES string of the molecule is O=S(=O)(c1cccc(F)c1)C1CCN(c2nc(-c3ccc(Cl)c(Cl)c3)cs2)CC1. The van der Waals surface area contributed by atoms with Crippen molar-refractivity contribution in [2.45, 2.75) is 23.0 Å². The molecule has 152 valence electrons. The zero-order chi connectivity index (χ0) is 20.6. The molecule has 0 saturated carbocycles. The summed E-state index contributed by atoms with van der Waals surface area (Å²) in [6.07, 6.45) is 0.946. The van der Waals surface area contributed by atoms with Crippen LogP contribution in [0.15, 0.2) is 52.7 Å². The Kier molecular flexibility index (Phi) is 5.84. The number of sulfone groups is 1. The molecule has 0 unspecified atom stereocenters. The topological polar surface area (TPSA) is 50.3 Å². The maximum atomic E-state index is 13.4. The lowest BCUT2D eigenvalue weighted by Crippen LogP contribution is -2.39. The lowest BCUT2D eigenvalue weighted by atomic mass is 10.1. The molecule has 1 saturated heterocycles. The lowest BCUT2D eigenvalue weighted by Gasteiger charge is -2.31. The number of hydrogen-bond acceptors (Lipinski definition) is 5. The van der Waals surface area contributed by atoms with Crippen LogP contribution in [0.2, 0.25) is 10.0 Å². The van der Waals surface area contributed by atoms with Crippen molar-refractivity contribution in [3.8, 4) is 11.3 Å². The second kappa shape index (κ2) is 8.22. The first-order chi connectivity index (χ1) is 13.8. The minimum absolute atomic E-state index is 0.0482. The standard InChI is InChI=1S/C20H17Cl2FN2O2S2/c21-17-5-4-13(10-18(17)22)19-12-28-20(24-19)25-8-6-15(7-9-25)29(26,27)16-3-1-2-14(23)11-16/h1-5,10-12,15H,6-9H2. The number of piperidine rings is 1. The molecule has 0 bridgehead atoms. The molecule has 4 nitrogen and oxygen atoms in total. The van der Waals surface area contributed by atoms with E-state index >= 15 is 0 Å². The highest BCUT2D eigenvalue weighted by Gasteiger charge is 2.32. The lowest BCUT2D eigenvalue weighted by molar-refractivity contribution is 0.528. The third-order valence-corrected chi connectivity index (χ3v) is 8.88. The van der Waals surface area contributed by atoms with Gasteiger partial charge in [0, 0.05) is 24.0 Å². The van der Waals surface area contributed by atoms with Gasteiger partial charge in [-0.2, -0.15) is 0 Å². The molecule has 9 heteroatoms. The fourth-order valence-electron chi connectivity index (χ4n) is 3.39. The van der Waals surface area contributed by atoms with E-state index in [-0.39, 0.29) is 4.90 Å². The monoisotopic (exact) mass is 470 g/mol. The summed E-state index contributed by atoms with van der Waals surface area (Å²) < 4.78 is 39.1. The fraction of sp³-hybridized carbons (Fsp3) is 0.250. The van der Waals surface area contributed by atoms with Crippen molar-refractivity contribution in [2.24, 2.45) is 0 Å². The first-order valence-electron chi connectivity index (χ1n) is 9.00. The Morgan fingerprint density at radius 3 is 2.52 bits per heavy atom. The Morgan fingerprint density at radius 2 is 1.83 bits per heavy atom. The third kappa shape index (κ3) is 4.28. The van der Waals surface area contributed by atoms with E-state index in [0.29, 0.717) is 36.0 Å². The molecule has 4 rings (SSSR count). The number of anilines is 1. The van der Waals surface area contributed by atoms with E-state index in [0.717, 1.165) is 22.5 Å². The summed E-state index contributed by atoms with van der Waals surface area (Å²) in [6.45, 7) is 1.15. The van der Waals surface area contributed by atoms with Crippen molar-refractivity contribution < 1.29 is 12.8 Å². The van der Waals surface area contributed by atoms with E-state index in [1.165, 1.54) is 29.5 Å². The van der Waals surface area contributed by atoms with Crippen molar-refractivity contribution in [2.75, 3.05) is 18.0 Å². The van der Waals surface area contributed by atoms with Crippen LogP contribution in [0.4, 0.5) is 9.52 Å². The van der Waals surface area contributed by atoms with Gasteiger partial charge in [0.1, 0.15) is 5.82 Å². The van der Waals surface area contributed by atoms with Crippen molar-refractivity contribution in [3.63, 3.8) is 0 Å². The van der Waals surface area contributed by atoms with E-state index < -0.39 is 20.9 Å². The smallest absolute Gasteiger partial charge is 0.185 e. The summed E-state index contributed by atoms with van der Waals surface area (Å²) >= 11 is 13.6. The number of hydrogen-bond donors (Lipinski definition) is 0. The Bertz CT molecular complexity index is 1140. The van der Waals surface area contributed by atoms with Crippen LogP contribution in [0.25, 0.3) is 11.3 Å². The van der Waals surface area contributed by atoms with E-state index in [9.17, 15) is 12.8 Å². The quantitative estimate of drug-likeness (QED) is 0.490. The molecule has 0 atom stereocenters. The van der Waals surface area contributed by atoms with Crippen LogP contribution < -0.4 is 4.90 Å². The minimum atomic E-state index is -3.55. The van der Waals surface area contributed by atoms with Crippen LogP contribution in [-0.4, -0.2) is 31.7 Å². The molecule has 0 N–H and O–H groups in total. The number of benzene rings is 2. The van der Waals surface area contributed by atoms with Gasteiger partial charge in [-0.05, 0) is 43.2 Å². The normalized spacial score (nSPS) is 15.6. The van der Waals surface area contributed by atoms with Crippen LogP contribution in [0, 0.1) is 5.82 Å². The number of aromatic nitrogens is 1. The summed E-state index contributed by atoms with van der Waals surface area (Å²) in [5.41, 5.74) is 1.68. The highest BCUT2D eigenvalue weighted by molar-refractivity contribution is 7.92. The summed E-state index contributed by atoms with van der Waals surface area (Å²) in [5, 5.41) is 3.24. The van der Waals surface area contributed by atoms with Crippen molar-refractivity contribution in [1.29, 1.82) is 0 Å². The van der Waals surface area contributed by atoms with Gasteiger partial charge in [0.15, 0.2) is 15.0 Å². The molecule has 0 aliphatic carbocycles. The zero-order valence-electron chi connectivity index (χ0n) is 15.2. The maximum absolute atomic E-state index is 13.4. The van der Waals surface area contributed by atoms with Gasteiger partial charge in [0.05, 0.1) is 25.9 Å². The predicted molar refractivity (Wildman–Crippen MR) is 116 cm³/mol. The molecule has 2 aromatic carbocycles. The predicted octanol–water partition coefficient (Wildman–Crippen LogP) is 5.70. The van der Waals surface area contributed by atoms with E-state index in [4.69, 9.17) is 23.2 Å². The van der Waals surface area contributed by atoms with Crippen molar-refractivity contribution in [3.05, 3.63) is 63.7 Å². The van der Waals surface area contributed by atoms with Gasteiger partial charge in [-0.25, -0.2) is 17.8 Å². The van der Waals surface area contributed by atoms with Gasteiger partial charge in [-0.1, -0.05) is 35.3 Å². The summed E-state index contributed by atoms with van der Waals surface area (Å²) in [5.74, 6) is -0.541. The molecule has 3 aromatic rings. The van der Waals surface area contributed by atoms with E-state index in [2.05, 4.69) is 9.88 Å². The zero-order valence-corrected chi connectivity index (χ0v) is 18.3. The Labute approximate surface area is 182 Å². The first-order valence-corrected chi connectivity index (χ1v) is 12.2. The van der Waals surface area contributed by atoms with E-state index in [1.807, 2.05) is 11.4 Å². The van der Waals surface area contributed by atoms with Gasteiger partial charge < -0.3 is 4.90 Å². The van der Waals surface area contributed by atoms with Gasteiger partial charge in [0.25, 0.3) is 0 Å². The van der Waals surface area contributed by atoms with Crippen LogP contribution in [0.1, 0.15) is 12.8 Å². The third-order valence-electron chi connectivity index (χ3n) is 4.98. The van der Waals surface area contributed by atoms with Crippen LogP contribution >= 0.6 is 34.5 Å². The number of nitrogens with zero attached hydrogens (tertiary/aromatic N) is 2. The largest absolute Gasteiger partial charge is 0.348 e. The molecule has 1 aliphatic heterocycles. The number of rotatable bonds is 4. The number of halogens is 3. The number of thiazole rings is 1. The van der Waals surface area contributed by atoms with Crippen molar-refractivity contribution >= 4 is 49.5 Å². The molecule has 0 spiro atoms. The maximum Gasteiger partial charge on any atom is 0.185 e. The molecule has 29 heavy (non-hydrogen) atoms. The van der Waals surface area contributed by atoms with Crippen LogP contribution in [0.5, 0.6) is 0 Å². The molecular weight excluding hydrogens is 454 g/mol. The summed E-state index contributed by atoms with van der Waals surface area (Å²) in [6, 6.07) is 10.6. The highest BCUT2D eigenvalue weighted by atomic mass is 35.5. The second-order valence-corrected chi connectivity index (χ2v) is 10.7. The van der Waals surface area contributed by atoms with E-state index in [1.54, 1.807) is 12.1 Å². The highest BCUT2D eigenvalue weighted by Crippen LogP contribution is 2.33. The van der Waals surface area contributed by atoms with Gasteiger partial charge in [-0.15, -0.1) is 11.3 Å². The van der Waals surface area contributed by atoms with Crippen LogP contribution in [-0.2, 0) is 9.84 Å². The van der Waals surface area contributed by atoms with Gasteiger partial charge >= 0.3 is 0 Å². The fourth-order valence-corrected chi connectivity index (χ4v) is 6.34. The molecule has 1 aliphatic rings. The molecule has 1 fully saturated rings. The molecule has 2 heterocycles. The average molecular weight is 471 g/mol. The van der Waals surface area contributed by atoms with Gasteiger partial charge in [-0.3, -0.25) is 0 Å². The Morgan fingerprint density at radius 1 is 1.07 bits per heavy atom. The minimum Gasteiger partial charge on any atom is -0.348 e. The summed E-state index contributed by atoms with van der Waals surface area (Å²) in [7, 11) is -3.55. The van der Waals surface area contributed by atoms with Crippen LogP contribution in [0.3, 0.4) is 0 Å². The molecule has 0 amide bonds. The second-order valence-electron chi connectivity index (χ2n) is 6.83. The molecular formula is C20H17Cl2FN2O2S2. The summed E-state index contributed by atoms with van der Waals surface area (Å²) in [4.78, 5) is 6.81. The average Bonchev–Trinajstić information content (AvgIpc) is 3.20. The van der Waals surface area contributed by atoms with Crippen molar-refractivity contribution in [1.82, 2.24) is 4.98 Å². The Balaban J connectivity index is 1.46. The Hall–Kier alpha value is -1.67.